The first-order chi connectivity index (χ1) is 27.9. The number of aliphatic hydroxyl groups is 1. The predicted molar refractivity (Wildman–Crippen MR) is 240 cm³/mol. The average molecular weight is 1150 g/mol. The molecule has 0 bridgehead atoms. The van der Waals surface area contributed by atoms with E-state index in [-0.39, 0.29) is 81.8 Å². The van der Waals surface area contributed by atoms with Gasteiger partial charge in [0.1, 0.15) is 14.3 Å². The Bertz CT molecular complexity index is 1640. The molecule has 14 nitrogen and oxygen atoms in total. The van der Waals surface area contributed by atoms with E-state index in [0.717, 1.165) is 23.5 Å². The standard InChI is InChI=1S/C15H25O2P.C9H13O3P.C8H19O2P.C8H18OP.3CO2.Na.W/c1-13(2)14(3)11-18(4,16)12-17-10-15-8-6-5-7-9-15;1-13(10,11)8-12-7-9-5-3-2-4-6-9;1-7(2)8(3)5-11(4,10)6-9;1-7(2)8(3)6-10(4,5)9;3*2-1-3;;/h5-9,13-14H,10-12H2,1-4H3;2-6H,7-8H2,1H3,(H,10,11);7-9H,5-6H2,1-4H3;7-8H,4,6H2,1-3,5H3;;;;;/q;;;-1;;;;+1;/p-1/t14?,18-;;8?,11-;8?,10-;;;;;/m0.00...../s1. The van der Waals surface area contributed by atoms with Crippen LogP contribution >= 0.6 is 28.8 Å². The first kappa shape index (κ1) is 76.3. The Hall–Kier alpha value is -0.972. The Balaban J connectivity index is -0.000000126. The maximum Gasteiger partial charge on any atom is 1.00 e. The molecule has 0 radical (unpaired) electrons. The van der Waals surface area contributed by atoms with Crippen molar-refractivity contribution in [3.05, 3.63) is 78.5 Å². The third kappa shape index (κ3) is 61.0. The third-order valence-electron chi connectivity index (χ3n) is 8.65. The van der Waals surface area contributed by atoms with Crippen molar-refractivity contribution in [3.8, 4) is 0 Å². The van der Waals surface area contributed by atoms with Gasteiger partial charge in [-0.1, -0.05) is 123 Å². The first-order valence-corrected chi connectivity index (χ1v) is 29.4. The molecule has 0 fully saturated rings. The molecule has 0 saturated carbocycles. The molecule has 20 heteroatoms. The van der Waals surface area contributed by atoms with Crippen molar-refractivity contribution in [2.24, 2.45) is 35.5 Å². The van der Waals surface area contributed by atoms with Gasteiger partial charge in [0.15, 0.2) is 0 Å². The number of aliphatic hydroxyl groups excluding tert-OH is 1. The van der Waals surface area contributed by atoms with Crippen LogP contribution in [0.3, 0.4) is 0 Å². The summed E-state index contributed by atoms with van der Waals surface area (Å²) in [5.74, 6) is 3.21. The summed E-state index contributed by atoms with van der Waals surface area (Å²) in [6.45, 7) is 30.3. The zero-order valence-corrected chi connectivity index (χ0v) is 48.6. The van der Waals surface area contributed by atoms with Crippen molar-refractivity contribution in [2.45, 2.75) is 75.5 Å². The minimum Gasteiger partial charge on any atom is -0.798 e. The van der Waals surface area contributed by atoms with Gasteiger partial charge >= 0.3 is 48.0 Å². The Kier molecular flexibility index (Phi) is 54.3. The van der Waals surface area contributed by atoms with Gasteiger partial charge in [-0.05, 0) is 86.6 Å². The van der Waals surface area contributed by atoms with E-state index in [1.807, 2.05) is 67.3 Å². The summed E-state index contributed by atoms with van der Waals surface area (Å²) in [7, 11) is -9.69. The topological polar surface area (TPSA) is 232 Å². The molecule has 1 N–H and O–H groups in total. The Morgan fingerprint density at radius 1 is 0.556 bits per heavy atom. The average Bonchev–Trinajstić information content (AvgIpc) is 3.12. The van der Waals surface area contributed by atoms with Crippen molar-refractivity contribution >= 4 is 47.2 Å². The van der Waals surface area contributed by atoms with Crippen LogP contribution in [0.2, 0.25) is 0 Å². The van der Waals surface area contributed by atoms with Crippen LogP contribution in [0.15, 0.2) is 60.7 Å². The fraction of sp³-hybridized carbons (Fsp3) is 0.628. The monoisotopic (exact) mass is 1150 g/mol. The molecule has 0 aromatic heterocycles. The number of hydrogen-bond donors (Lipinski definition) is 1. The Morgan fingerprint density at radius 2 is 0.825 bits per heavy atom. The maximum absolute atomic E-state index is 12.4. The molecule has 0 heterocycles. The molecule has 63 heavy (non-hydrogen) atoms. The van der Waals surface area contributed by atoms with Gasteiger partial charge in [-0.3, -0.25) is 6.66 Å². The minimum atomic E-state index is -3.27. The second-order valence-electron chi connectivity index (χ2n) is 16.4. The molecular weight excluding hydrogens is 1070 g/mol. The van der Waals surface area contributed by atoms with Crippen LogP contribution < -0.4 is 34.5 Å². The third-order valence-corrected chi connectivity index (χ3v) is 14.7. The van der Waals surface area contributed by atoms with E-state index >= 15 is 0 Å². The normalized spacial score (nSPS) is 15.0. The second kappa shape index (κ2) is 44.8. The van der Waals surface area contributed by atoms with E-state index in [9.17, 15) is 23.2 Å². The number of carbonyl (C=O) groups excluding carboxylic acids is 6. The molecule has 0 aliphatic rings. The van der Waals surface area contributed by atoms with Gasteiger partial charge in [0.05, 0.1) is 32.3 Å². The summed E-state index contributed by atoms with van der Waals surface area (Å²) in [6, 6.07) is 19.5. The molecule has 7 atom stereocenters. The van der Waals surface area contributed by atoms with Crippen LogP contribution in [-0.4, -0.2) is 87.7 Å². The number of ether oxygens (including phenoxy) is 2. The summed E-state index contributed by atoms with van der Waals surface area (Å²) >= 11 is 0. The zero-order chi connectivity index (χ0) is 48.9. The van der Waals surface area contributed by atoms with Crippen LogP contribution in [0.5, 0.6) is 0 Å². The Labute approximate surface area is 415 Å². The summed E-state index contributed by atoms with van der Waals surface area (Å²) in [5.41, 5.74) is 2.12. The molecule has 2 aromatic rings. The molecule has 0 aliphatic heterocycles. The van der Waals surface area contributed by atoms with Gasteiger partial charge in [0.25, 0.3) is 0 Å². The molecule has 0 saturated heterocycles. The SMILES string of the molecule is CC(C)C(C)C[P@](C)(=O)CO.CC(C)C(C)C[P@](C)(=O)COCc1ccccc1.CP(=O)([O-])COCc1ccccc1.O=C=O.O=C=O.O=C=O.[CH2-][P@@](C)(=O)CC(C)C(C)C.[Na+].[W]. The zero-order valence-electron chi connectivity index (χ0n) is 40.1. The molecular formula is C43H74NaO14P4W-. The molecule has 4 unspecified atom stereocenters. The van der Waals surface area contributed by atoms with Crippen molar-refractivity contribution in [1.29, 1.82) is 0 Å². The van der Waals surface area contributed by atoms with Gasteiger partial charge in [-0.2, -0.15) is 28.8 Å². The maximum atomic E-state index is 12.4. The summed E-state index contributed by atoms with van der Waals surface area (Å²) in [6.07, 6.45) is 3.02. The van der Waals surface area contributed by atoms with E-state index in [1.165, 1.54) is 6.66 Å². The molecule has 0 amide bonds. The fourth-order valence-corrected chi connectivity index (χ4v) is 10.4. The van der Waals surface area contributed by atoms with E-state index in [4.69, 9.17) is 43.3 Å². The second-order valence-corrected chi connectivity index (χ2v) is 28.1. The minimum absolute atomic E-state index is 0. The van der Waals surface area contributed by atoms with Gasteiger partial charge in [-0.15, -0.1) is 0 Å². The summed E-state index contributed by atoms with van der Waals surface area (Å²) in [4.78, 5) is 59.5. The number of hydrogen-bond acceptors (Lipinski definition) is 14. The van der Waals surface area contributed by atoms with Gasteiger partial charge in [0, 0.05) is 40.8 Å². The first-order valence-electron chi connectivity index (χ1n) is 19.6. The molecule has 2 rings (SSSR count). The van der Waals surface area contributed by atoms with Crippen molar-refractivity contribution in [3.63, 3.8) is 0 Å². The summed E-state index contributed by atoms with van der Waals surface area (Å²) in [5, 5.41) is 8.76. The van der Waals surface area contributed by atoms with Crippen LogP contribution in [0.25, 0.3) is 0 Å². The van der Waals surface area contributed by atoms with Crippen LogP contribution in [0, 0.1) is 42.2 Å². The van der Waals surface area contributed by atoms with Gasteiger partial charge in [0.2, 0.25) is 0 Å². The molecule has 2 aromatic carbocycles. The van der Waals surface area contributed by atoms with Gasteiger partial charge < -0.3 is 37.7 Å². The largest absolute Gasteiger partial charge is 1.00 e. The van der Waals surface area contributed by atoms with Crippen molar-refractivity contribution in [1.82, 2.24) is 0 Å². The molecule has 0 aliphatic carbocycles. The van der Waals surface area contributed by atoms with Crippen molar-refractivity contribution < 1.29 is 117 Å². The van der Waals surface area contributed by atoms with Crippen molar-refractivity contribution in [2.75, 3.05) is 64.2 Å². The number of rotatable bonds is 18. The van der Waals surface area contributed by atoms with E-state index in [1.54, 1.807) is 13.3 Å². The van der Waals surface area contributed by atoms with E-state index < -0.39 is 28.8 Å². The van der Waals surface area contributed by atoms with E-state index in [0.29, 0.717) is 61.2 Å². The molecule has 0 spiro atoms. The Morgan fingerprint density at radius 3 is 1.06 bits per heavy atom. The summed E-state index contributed by atoms with van der Waals surface area (Å²) < 4.78 is 56.4. The smallest absolute Gasteiger partial charge is 0.798 e. The van der Waals surface area contributed by atoms with Crippen LogP contribution in [-0.2, 0) is 90.8 Å². The predicted octanol–water partition coefficient (Wildman–Crippen LogP) is 6.41. The van der Waals surface area contributed by atoms with Crippen LogP contribution in [0.4, 0.5) is 0 Å². The quantitative estimate of drug-likeness (QED) is 0.0966. The number of benzene rings is 2. The molecule has 358 valence electrons. The fourth-order valence-electron chi connectivity index (χ4n) is 4.40. The van der Waals surface area contributed by atoms with Gasteiger partial charge in [-0.25, -0.2) is 0 Å². The van der Waals surface area contributed by atoms with Crippen LogP contribution in [0.1, 0.15) is 73.4 Å². The van der Waals surface area contributed by atoms with E-state index in [2.05, 4.69) is 69.0 Å².